The number of carboxylic acids is 2. The molecule has 1 aromatic carbocycles. The smallest absolute Gasteiger partial charge is 0.307 e. The van der Waals surface area contributed by atoms with Gasteiger partial charge in [0.15, 0.2) is 0 Å². The highest BCUT2D eigenvalue weighted by Crippen LogP contribution is 2.27. The number of rotatable bonds is 6. The molecule has 3 unspecified atom stereocenters. The third kappa shape index (κ3) is 3.58. The Balaban J connectivity index is 2.79. The molecule has 0 fully saturated rings. The third-order valence-corrected chi connectivity index (χ3v) is 3.29. The zero-order chi connectivity index (χ0) is 13.7. The molecule has 2 N–H and O–H groups in total. The van der Waals surface area contributed by atoms with Crippen LogP contribution in [-0.2, 0) is 9.59 Å². The predicted molar refractivity (Wildman–Crippen MR) is 67.4 cm³/mol. The van der Waals surface area contributed by atoms with E-state index in [1.165, 1.54) is 6.92 Å². The molecule has 0 bridgehead atoms. The minimum absolute atomic E-state index is 0.0223. The molecule has 0 saturated heterocycles. The van der Waals surface area contributed by atoms with E-state index in [1.807, 2.05) is 37.3 Å². The van der Waals surface area contributed by atoms with Crippen LogP contribution in [0.15, 0.2) is 30.3 Å². The standard InChI is InChI=1S/C14H18O4/c1-9(11-6-4-3-5-7-11)8-12(14(17)18)10(2)13(15)16/h3-7,9-10,12H,8H2,1-2H3,(H,15,16)(H,17,18). The van der Waals surface area contributed by atoms with Crippen LogP contribution in [0.3, 0.4) is 0 Å². The van der Waals surface area contributed by atoms with E-state index in [0.29, 0.717) is 6.42 Å². The Bertz CT molecular complexity index is 413. The van der Waals surface area contributed by atoms with Gasteiger partial charge in [-0.3, -0.25) is 9.59 Å². The normalized spacial score (nSPS) is 15.7. The van der Waals surface area contributed by atoms with Crippen molar-refractivity contribution < 1.29 is 19.8 Å². The van der Waals surface area contributed by atoms with Crippen LogP contribution in [0.4, 0.5) is 0 Å². The molecule has 0 radical (unpaired) electrons. The van der Waals surface area contributed by atoms with Crippen molar-refractivity contribution in [1.82, 2.24) is 0 Å². The molecule has 0 aliphatic rings. The lowest BCUT2D eigenvalue weighted by Crippen LogP contribution is -2.28. The molecule has 0 aliphatic carbocycles. The SMILES string of the molecule is CC(CC(C(=O)O)C(C)C(=O)O)c1ccccc1. The van der Waals surface area contributed by atoms with Crippen LogP contribution in [0.25, 0.3) is 0 Å². The Morgan fingerprint density at radius 1 is 1.06 bits per heavy atom. The highest BCUT2D eigenvalue weighted by atomic mass is 16.4. The van der Waals surface area contributed by atoms with Gasteiger partial charge in [-0.05, 0) is 17.9 Å². The monoisotopic (exact) mass is 250 g/mol. The van der Waals surface area contributed by atoms with Crippen molar-refractivity contribution in [3.8, 4) is 0 Å². The van der Waals surface area contributed by atoms with Crippen molar-refractivity contribution in [2.45, 2.75) is 26.2 Å². The van der Waals surface area contributed by atoms with Crippen molar-refractivity contribution in [3.63, 3.8) is 0 Å². The summed E-state index contributed by atoms with van der Waals surface area (Å²) in [5.41, 5.74) is 1.03. The van der Waals surface area contributed by atoms with Crippen LogP contribution in [0.5, 0.6) is 0 Å². The molecule has 0 amide bonds. The largest absolute Gasteiger partial charge is 0.481 e. The quantitative estimate of drug-likeness (QED) is 0.813. The first-order valence-corrected chi connectivity index (χ1v) is 5.94. The summed E-state index contributed by atoms with van der Waals surface area (Å²) in [6, 6.07) is 9.53. The second-order valence-corrected chi connectivity index (χ2v) is 4.62. The highest BCUT2D eigenvalue weighted by Gasteiger charge is 2.31. The molecule has 98 valence electrons. The number of benzene rings is 1. The van der Waals surface area contributed by atoms with Gasteiger partial charge in [0.25, 0.3) is 0 Å². The molecule has 0 saturated carbocycles. The minimum Gasteiger partial charge on any atom is -0.481 e. The maximum atomic E-state index is 11.1. The minimum atomic E-state index is -1.07. The Kier molecular flexibility index (Phi) is 4.89. The van der Waals surface area contributed by atoms with Gasteiger partial charge in [-0.25, -0.2) is 0 Å². The Morgan fingerprint density at radius 3 is 2.06 bits per heavy atom. The van der Waals surface area contributed by atoms with E-state index < -0.39 is 23.8 Å². The van der Waals surface area contributed by atoms with Gasteiger partial charge in [0.05, 0.1) is 11.8 Å². The molecule has 0 heterocycles. The number of hydrogen-bond acceptors (Lipinski definition) is 2. The maximum Gasteiger partial charge on any atom is 0.307 e. The number of hydrogen-bond donors (Lipinski definition) is 2. The van der Waals surface area contributed by atoms with E-state index in [0.717, 1.165) is 5.56 Å². The van der Waals surface area contributed by atoms with E-state index in [2.05, 4.69) is 0 Å². The predicted octanol–water partition coefficient (Wildman–Crippen LogP) is 2.60. The molecule has 0 spiro atoms. The van der Waals surface area contributed by atoms with Crippen LogP contribution in [0, 0.1) is 11.8 Å². The molecule has 0 aromatic heterocycles. The number of aliphatic carboxylic acids is 2. The van der Waals surface area contributed by atoms with Gasteiger partial charge in [-0.2, -0.15) is 0 Å². The van der Waals surface area contributed by atoms with Crippen molar-refractivity contribution in [2.24, 2.45) is 11.8 Å². The maximum absolute atomic E-state index is 11.1. The fourth-order valence-corrected chi connectivity index (χ4v) is 1.99. The first kappa shape index (κ1) is 14.2. The highest BCUT2D eigenvalue weighted by molar-refractivity contribution is 5.79. The third-order valence-electron chi connectivity index (χ3n) is 3.29. The number of carbonyl (C=O) groups is 2. The van der Waals surface area contributed by atoms with Crippen LogP contribution in [0.2, 0.25) is 0 Å². The van der Waals surface area contributed by atoms with E-state index in [4.69, 9.17) is 10.2 Å². The van der Waals surface area contributed by atoms with Crippen LogP contribution in [-0.4, -0.2) is 22.2 Å². The fraction of sp³-hybridized carbons (Fsp3) is 0.429. The lowest BCUT2D eigenvalue weighted by Gasteiger charge is -2.20. The summed E-state index contributed by atoms with van der Waals surface area (Å²) in [5.74, 6) is -3.84. The first-order chi connectivity index (χ1) is 8.43. The van der Waals surface area contributed by atoms with Crippen molar-refractivity contribution in [2.75, 3.05) is 0 Å². The molecule has 1 aromatic rings. The van der Waals surface area contributed by atoms with Gasteiger partial charge in [-0.1, -0.05) is 44.2 Å². The van der Waals surface area contributed by atoms with Crippen LogP contribution in [0.1, 0.15) is 31.7 Å². The molecule has 3 atom stereocenters. The molecule has 4 heteroatoms. The Hall–Kier alpha value is -1.84. The molecule has 0 aliphatic heterocycles. The Morgan fingerprint density at radius 2 is 1.61 bits per heavy atom. The van der Waals surface area contributed by atoms with Crippen molar-refractivity contribution >= 4 is 11.9 Å². The van der Waals surface area contributed by atoms with Gasteiger partial charge in [0.1, 0.15) is 0 Å². The van der Waals surface area contributed by atoms with E-state index in [9.17, 15) is 9.59 Å². The second kappa shape index (κ2) is 6.19. The lowest BCUT2D eigenvalue weighted by molar-refractivity contribution is -0.153. The van der Waals surface area contributed by atoms with Crippen molar-refractivity contribution in [3.05, 3.63) is 35.9 Å². The summed E-state index contributed by atoms with van der Waals surface area (Å²) in [7, 11) is 0. The molecular formula is C14H18O4. The van der Waals surface area contributed by atoms with E-state index in [-0.39, 0.29) is 5.92 Å². The summed E-state index contributed by atoms with van der Waals surface area (Å²) >= 11 is 0. The molecular weight excluding hydrogens is 232 g/mol. The second-order valence-electron chi connectivity index (χ2n) is 4.62. The summed E-state index contributed by atoms with van der Waals surface area (Å²) in [6.45, 7) is 3.36. The van der Waals surface area contributed by atoms with Gasteiger partial charge in [0.2, 0.25) is 0 Å². The molecule has 1 rings (SSSR count). The zero-order valence-corrected chi connectivity index (χ0v) is 10.5. The summed E-state index contributed by atoms with van der Waals surface area (Å²) in [4.78, 5) is 22.0. The summed E-state index contributed by atoms with van der Waals surface area (Å²) in [6.07, 6.45) is 0.326. The first-order valence-electron chi connectivity index (χ1n) is 5.94. The zero-order valence-electron chi connectivity index (χ0n) is 10.5. The van der Waals surface area contributed by atoms with E-state index >= 15 is 0 Å². The fourth-order valence-electron chi connectivity index (χ4n) is 1.99. The molecule has 18 heavy (non-hydrogen) atoms. The van der Waals surface area contributed by atoms with Gasteiger partial charge in [-0.15, -0.1) is 0 Å². The van der Waals surface area contributed by atoms with Gasteiger partial charge < -0.3 is 10.2 Å². The lowest BCUT2D eigenvalue weighted by atomic mass is 9.83. The average Bonchev–Trinajstić information content (AvgIpc) is 2.35. The topological polar surface area (TPSA) is 74.6 Å². The van der Waals surface area contributed by atoms with E-state index in [1.54, 1.807) is 0 Å². The van der Waals surface area contributed by atoms with Gasteiger partial charge >= 0.3 is 11.9 Å². The summed E-state index contributed by atoms with van der Waals surface area (Å²) in [5, 5.41) is 18.0. The number of carboxylic acid groups (broad SMARTS) is 2. The van der Waals surface area contributed by atoms with Crippen LogP contribution >= 0.6 is 0 Å². The van der Waals surface area contributed by atoms with Crippen LogP contribution < -0.4 is 0 Å². The van der Waals surface area contributed by atoms with Crippen molar-refractivity contribution in [1.29, 1.82) is 0 Å². The van der Waals surface area contributed by atoms with Gasteiger partial charge in [0, 0.05) is 0 Å². The summed E-state index contributed by atoms with van der Waals surface area (Å²) < 4.78 is 0. The Labute approximate surface area is 106 Å². The average molecular weight is 250 g/mol. The molecule has 4 nitrogen and oxygen atoms in total.